The summed E-state index contributed by atoms with van der Waals surface area (Å²) >= 11 is 3.30. The average molecular weight is 471 g/mol. The SMILES string of the molecule is O=C(CCCSc1nnc(-c2cccs2)n1-c1ccccc1)N1CCC2(CC1)OCCO2. The van der Waals surface area contributed by atoms with E-state index in [1.54, 1.807) is 23.1 Å². The summed E-state index contributed by atoms with van der Waals surface area (Å²) < 4.78 is 13.6. The lowest BCUT2D eigenvalue weighted by molar-refractivity contribution is -0.187. The van der Waals surface area contributed by atoms with E-state index in [9.17, 15) is 4.79 Å². The zero-order valence-electron chi connectivity index (χ0n) is 17.8. The Morgan fingerprint density at radius 2 is 1.84 bits per heavy atom. The van der Waals surface area contributed by atoms with Crippen molar-refractivity contribution in [3.05, 3.63) is 47.8 Å². The van der Waals surface area contributed by atoms with Crippen molar-refractivity contribution in [3.63, 3.8) is 0 Å². The highest BCUT2D eigenvalue weighted by molar-refractivity contribution is 7.99. The van der Waals surface area contributed by atoms with Crippen LogP contribution in [-0.4, -0.2) is 63.4 Å². The van der Waals surface area contributed by atoms with Gasteiger partial charge < -0.3 is 14.4 Å². The first kappa shape index (κ1) is 21.6. The van der Waals surface area contributed by atoms with E-state index < -0.39 is 5.79 Å². The number of benzene rings is 1. The molecular weight excluding hydrogens is 444 g/mol. The summed E-state index contributed by atoms with van der Waals surface area (Å²) in [5.41, 5.74) is 1.04. The Labute approximate surface area is 195 Å². The first-order valence-corrected chi connectivity index (χ1v) is 12.8. The first-order chi connectivity index (χ1) is 15.7. The maximum absolute atomic E-state index is 12.7. The Kier molecular flexibility index (Phi) is 6.59. The largest absolute Gasteiger partial charge is 0.347 e. The molecule has 2 fully saturated rings. The molecule has 1 spiro atoms. The number of hydrogen-bond acceptors (Lipinski definition) is 7. The van der Waals surface area contributed by atoms with Gasteiger partial charge in [0.1, 0.15) is 0 Å². The Morgan fingerprint density at radius 3 is 2.56 bits per heavy atom. The molecule has 0 atom stereocenters. The third kappa shape index (κ3) is 4.61. The molecule has 168 valence electrons. The van der Waals surface area contributed by atoms with Crippen LogP contribution in [0.15, 0.2) is 53.0 Å². The molecule has 5 rings (SSSR count). The molecule has 2 aliphatic rings. The smallest absolute Gasteiger partial charge is 0.222 e. The third-order valence-electron chi connectivity index (χ3n) is 5.85. The minimum Gasteiger partial charge on any atom is -0.347 e. The molecule has 2 aromatic heterocycles. The van der Waals surface area contributed by atoms with Crippen LogP contribution in [0.2, 0.25) is 0 Å². The molecule has 9 heteroatoms. The second-order valence-electron chi connectivity index (χ2n) is 7.89. The molecule has 1 amide bonds. The quantitative estimate of drug-likeness (QED) is 0.380. The highest BCUT2D eigenvalue weighted by Gasteiger charge is 2.40. The van der Waals surface area contributed by atoms with Gasteiger partial charge in [-0.1, -0.05) is 36.0 Å². The van der Waals surface area contributed by atoms with E-state index in [1.807, 2.05) is 34.5 Å². The molecule has 32 heavy (non-hydrogen) atoms. The van der Waals surface area contributed by atoms with Gasteiger partial charge in [-0.25, -0.2) is 0 Å². The fraction of sp³-hybridized carbons (Fsp3) is 0.435. The van der Waals surface area contributed by atoms with Crippen molar-refractivity contribution in [2.45, 2.75) is 36.6 Å². The zero-order chi connectivity index (χ0) is 21.8. The normalized spacial score (nSPS) is 17.8. The molecule has 7 nitrogen and oxygen atoms in total. The van der Waals surface area contributed by atoms with Gasteiger partial charge in [0.15, 0.2) is 16.8 Å². The Morgan fingerprint density at radius 1 is 1.06 bits per heavy atom. The molecule has 2 saturated heterocycles. The summed E-state index contributed by atoms with van der Waals surface area (Å²) in [5, 5.41) is 11.8. The summed E-state index contributed by atoms with van der Waals surface area (Å²) in [6, 6.07) is 14.3. The van der Waals surface area contributed by atoms with E-state index in [-0.39, 0.29) is 5.91 Å². The van der Waals surface area contributed by atoms with E-state index in [0.717, 1.165) is 46.6 Å². The maximum Gasteiger partial charge on any atom is 0.222 e. The van der Waals surface area contributed by atoms with Crippen molar-refractivity contribution in [2.75, 3.05) is 32.1 Å². The summed E-state index contributed by atoms with van der Waals surface area (Å²) in [5.74, 6) is 1.44. The molecule has 0 N–H and O–H groups in total. The van der Waals surface area contributed by atoms with Gasteiger partial charge in [-0.15, -0.1) is 21.5 Å². The van der Waals surface area contributed by atoms with Crippen LogP contribution in [-0.2, 0) is 14.3 Å². The van der Waals surface area contributed by atoms with E-state index in [4.69, 9.17) is 9.47 Å². The van der Waals surface area contributed by atoms with Crippen molar-refractivity contribution in [1.82, 2.24) is 19.7 Å². The molecule has 1 aromatic carbocycles. The zero-order valence-corrected chi connectivity index (χ0v) is 19.4. The van der Waals surface area contributed by atoms with Gasteiger partial charge >= 0.3 is 0 Å². The van der Waals surface area contributed by atoms with Gasteiger partial charge in [0.05, 0.1) is 18.1 Å². The lowest BCUT2D eigenvalue weighted by Gasteiger charge is -2.37. The number of piperidine rings is 1. The number of ether oxygens (including phenoxy) is 2. The van der Waals surface area contributed by atoms with Crippen LogP contribution in [0.5, 0.6) is 0 Å². The van der Waals surface area contributed by atoms with Crippen molar-refractivity contribution in [3.8, 4) is 16.4 Å². The molecule has 0 bridgehead atoms. The molecular formula is C23H26N4O3S2. The second-order valence-corrected chi connectivity index (χ2v) is 9.90. The second kappa shape index (κ2) is 9.74. The number of hydrogen-bond donors (Lipinski definition) is 0. The van der Waals surface area contributed by atoms with Gasteiger partial charge in [0.2, 0.25) is 5.91 Å². The van der Waals surface area contributed by atoms with Gasteiger partial charge in [-0.2, -0.15) is 0 Å². The van der Waals surface area contributed by atoms with E-state index >= 15 is 0 Å². The van der Waals surface area contributed by atoms with Gasteiger partial charge in [-0.3, -0.25) is 9.36 Å². The number of nitrogens with zero attached hydrogens (tertiary/aromatic N) is 4. The van der Waals surface area contributed by atoms with Crippen LogP contribution in [0, 0.1) is 0 Å². The number of carbonyl (C=O) groups excluding carboxylic acids is 1. The lowest BCUT2D eigenvalue weighted by Crippen LogP contribution is -2.47. The topological polar surface area (TPSA) is 69.5 Å². The molecule has 2 aliphatic heterocycles. The van der Waals surface area contributed by atoms with Crippen molar-refractivity contribution < 1.29 is 14.3 Å². The number of para-hydroxylation sites is 1. The molecule has 0 aliphatic carbocycles. The monoisotopic (exact) mass is 470 g/mol. The Balaban J connectivity index is 1.17. The number of rotatable bonds is 7. The van der Waals surface area contributed by atoms with Gasteiger partial charge in [0.25, 0.3) is 0 Å². The minimum atomic E-state index is -0.436. The highest BCUT2D eigenvalue weighted by Crippen LogP contribution is 2.32. The lowest BCUT2D eigenvalue weighted by atomic mass is 10.0. The number of thioether (sulfide) groups is 1. The number of aromatic nitrogens is 3. The minimum absolute atomic E-state index is 0.210. The van der Waals surface area contributed by atoms with E-state index in [1.165, 1.54) is 0 Å². The Bertz CT molecular complexity index is 1020. The predicted molar refractivity (Wildman–Crippen MR) is 125 cm³/mol. The van der Waals surface area contributed by atoms with Crippen molar-refractivity contribution >= 4 is 29.0 Å². The number of thiophene rings is 1. The fourth-order valence-corrected chi connectivity index (χ4v) is 5.76. The highest BCUT2D eigenvalue weighted by atomic mass is 32.2. The van der Waals surface area contributed by atoms with Crippen LogP contribution < -0.4 is 0 Å². The van der Waals surface area contributed by atoms with Crippen LogP contribution in [0.4, 0.5) is 0 Å². The number of amides is 1. The van der Waals surface area contributed by atoms with Crippen LogP contribution in [0.3, 0.4) is 0 Å². The summed E-state index contributed by atoms with van der Waals surface area (Å²) in [4.78, 5) is 15.7. The van der Waals surface area contributed by atoms with Crippen LogP contribution >= 0.6 is 23.1 Å². The number of carbonyl (C=O) groups is 1. The van der Waals surface area contributed by atoms with E-state index in [0.29, 0.717) is 32.7 Å². The summed E-state index contributed by atoms with van der Waals surface area (Å²) in [6.45, 7) is 2.73. The van der Waals surface area contributed by atoms with Gasteiger partial charge in [0, 0.05) is 43.8 Å². The summed E-state index contributed by atoms with van der Waals surface area (Å²) in [7, 11) is 0. The summed E-state index contributed by atoms with van der Waals surface area (Å²) in [6.07, 6.45) is 2.87. The molecule has 0 unspecified atom stereocenters. The van der Waals surface area contributed by atoms with E-state index in [2.05, 4.69) is 33.0 Å². The predicted octanol–water partition coefficient (Wildman–Crippen LogP) is 4.23. The number of likely N-dealkylation sites (tertiary alicyclic amines) is 1. The standard InChI is InChI=1S/C23H26N4O3S2/c28-20(26-12-10-23(11-13-26)29-14-15-30-23)9-5-17-32-22-25-24-21(19-8-4-16-31-19)27(22)18-6-2-1-3-7-18/h1-4,6-8,16H,5,9-15,17H2. The first-order valence-electron chi connectivity index (χ1n) is 11.0. The molecule has 3 aromatic rings. The van der Waals surface area contributed by atoms with Crippen LogP contribution in [0.1, 0.15) is 25.7 Å². The third-order valence-corrected chi connectivity index (χ3v) is 7.73. The molecule has 0 radical (unpaired) electrons. The fourth-order valence-electron chi connectivity index (χ4n) is 4.17. The molecule has 4 heterocycles. The Hall–Kier alpha value is -2.20. The molecule has 0 saturated carbocycles. The maximum atomic E-state index is 12.7. The van der Waals surface area contributed by atoms with Crippen molar-refractivity contribution in [2.24, 2.45) is 0 Å². The average Bonchev–Trinajstić information content (AvgIpc) is 3.59. The van der Waals surface area contributed by atoms with Crippen LogP contribution in [0.25, 0.3) is 16.4 Å². The van der Waals surface area contributed by atoms with Gasteiger partial charge in [-0.05, 0) is 30.0 Å². The van der Waals surface area contributed by atoms with Crippen molar-refractivity contribution in [1.29, 1.82) is 0 Å².